The Morgan fingerprint density at radius 3 is 2.82 bits per heavy atom. The molecule has 2 N–H and O–H groups in total. The molecule has 0 saturated heterocycles. The average molecular weight is 450 g/mol. The van der Waals surface area contributed by atoms with Crippen molar-refractivity contribution in [1.29, 1.82) is 0 Å². The van der Waals surface area contributed by atoms with Crippen LogP contribution in [0.2, 0.25) is 0 Å². The highest BCUT2D eigenvalue weighted by Crippen LogP contribution is 2.35. The molecule has 1 aliphatic heterocycles. The second kappa shape index (κ2) is 11.2. The summed E-state index contributed by atoms with van der Waals surface area (Å²) in [6.45, 7) is 6.23. The Labute approximate surface area is 192 Å². The summed E-state index contributed by atoms with van der Waals surface area (Å²) in [5.74, 6) is 0.709. The maximum atomic E-state index is 13.3. The van der Waals surface area contributed by atoms with Gasteiger partial charge in [-0.05, 0) is 42.3 Å². The number of aliphatic hydroxyl groups excluding tert-OH is 1. The molecule has 3 rings (SSSR count). The van der Waals surface area contributed by atoms with Gasteiger partial charge in [0.15, 0.2) is 5.54 Å². The van der Waals surface area contributed by atoms with Crippen LogP contribution in [0.25, 0.3) is 10.4 Å². The number of amides is 1. The van der Waals surface area contributed by atoms with Gasteiger partial charge < -0.3 is 19.9 Å². The first-order valence-corrected chi connectivity index (χ1v) is 10.7. The first kappa shape index (κ1) is 23.8. The van der Waals surface area contributed by atoms with Gasteiger partial charge in [0.05, 0.1) is 6.61 Å². The number of hydrogen-bond donors (Lipinski definition) is 2. The molecule has 2 aromatic carbocycles. The predicted octanol–water partition coefficient (Wildman–Crippen LogP) is 3.84. The van der Waals surface area contributed by atoms with E-state index in [4.69, 9.17) is 25.1 Å². The van der Waals surface area contributed by atoms with E-state index in [0.29, 0.717) is 41.5 Å². The first-order valence-electron chi connectivity index (χ1n) is 10.7. The van der Waals surface area contributed by atoms with Crippen LogP contribution >= 0.6 is 0 Å². The standard InChI is InChI=1S/C24H27N5O4/c1-3-13-26-23(31)24(16-19-7-4-5-8-21(19)28-29-25)17(2)33-22(27-24)18-9-11-20(12-10-18)32-15-6-14-30/h3-5,7-12,17,30H,1,6,13-16H2,2H3,(H,26,31)/t17-,24-/m1/s1. The first-order chi connectivity index (χ1) is 16.0. The van der Waals surface area contributed by atoms with Crippen molar-refractivity contribution in [2.45, 2.75) is 31.4 Å². The zero-order valence-corrected chi connectivity index (χ0v) is 18.5. The van der Waals surface area contributed by atoms with Gasteiger partial charge in [-0.2, -0.15) is 0 Å². The SMILES string of the molecule is C=CCNC(=O)[C@]1(Cc2ccccc2N=[N+]=[N-])N=C(c2ccc(OCCCO)cc2)O[C@@H]1C. The van der Waals surface area contributed by atoms with Gasteiger partial charge in [-0.1, -0.05) is 35.5 Å². The van der Waals surface area contributed by atoms with Crippen molar-refractivity contribution >= 4 is 17.5 Å². The van der Waals surface area contributed by atoms with Crippen LogP contribution in [0.1, 0.15) is 24.5 Å². The third-order valence-electron chi connectivity index (χ3n) is 5.34. The van der Waals surface area contributed by atoms with Crippen LogP contribution in [0.5, 0.6) is 5.75 Å². The van der Waals surface area contributed by atoms with Gasteiger partial charge in [0.1, 0.15) is 11.9 Å². The van der Waals surface area contributed by atoms with Crippen molar-refractivity contribution in [1.82, 2.24) is 5.32 Å². The van der Waals surface area contributed by atoms with Gasteiger partial charge in [0.2, 0.25) is 5.90 Å². The normalized spacial score (nSPS) is 19.1. The Kier molecular flexibility index (Phi) is 8.07. The molecule has 1 amide bonds. The Hall–Kier alpha value is -3.81. The van der Waals surface area contributed by atoms with E-state index >= 15 is 0 Å². The van der Waals surface area contributed by atoms with E-state index in [1.807, 2.05) is 24.3 Å². The molecule has 0 spiro atoms. The summed E-state index contributed by atoms with van der Waals surface area (Å²) < 4.78 is 11.6. The lowest BCUT2D eigenvalue weighted by Gasteiger charge is -2.28. The third kappa shape index (κ3) is 5.52. The Morgan fingerprint density at radius 2 is 2.12 bits per heavy atom. The number of benzene rings is 2. The molecule has 2 aromatic rings. The number of rotatable bonds is 11. The van der Waals surface area contributed by atoms with Gasteiger partial charge in [-0.25, -0.2) is 4.99 Å². The van der Waals surface area contributed by atoms with Crippen molar-refractivity contribution in [3.05, 3.63) is 82.8 Å². The topological polar surface area (TPSA) is 129 Å². The summed E-state index contributed by atoms with van der Waals surface area (Å²) >= 11 is 0. The Bertz CT molecular complexity index is 1060. The highest BCUT2D eigenvalue weighted by molar-refractivity contribution is 6.01. The third-order valence-corrected chi connectivity index (χ3v) is 5.34. The molecule has 0 saturated carbocycles. The van der Waals surface area contributed by atoms with Gasteiger partial charge in [-0.3, -0.25) is 4.79 Å². The number of aliphatic imine (C=N–C) groups is 1. The predicted molar refractivity (Wildman–Crippen MR) is 126 cm³/mol. The number of ether oxygens (including phenoxy) is 2. The van der Waals surface area contributed by atoms with Crippen molar-refractivity contribution in [3.8, 4) is 5.75 Å². The van der Waals surface area contributed by atoms with Gasteiger partial charge in [0, 0.05) is 42.2 Å². The summed E-state index contributed by atoms with van der Waals surface area (Å²) in [5.41, 5.74) is 9.51. The molecule has 2 atom stereocenters. The number of carbonyl (C=O) groups is 1. The minimum Gasteiger partial charge on any atom is -0.494 e. The summed E-state index contributed by atoms with van der Waals surface area (Å²) in [6.07, 6.45) is 1.77. The van der Waals surface area contributed by atoms with Crippen LogP contribution in [-0.4, -0.2) is 48.3 Å². The van der Waals surface area contributed by atoms with Crippen molar-refractivity contribution < 1.29 is 19.4 Å². The molecule has 33 heavy (non-hydrogen) atoms. The van der Waals surface area contributed by atoms with Crippen LogP contribution in [0.3, 0.4) is 0 Å². The number of carbonyl (C=O) groups excluding carboxylic acids is 1. The van der Waals surface area contributed by atoms with E-state index in [1.54, 1.807) is 37.3 Å². The lowest BCUT2D eigenvalue weighted by Crippen LogP contribution is -2.52. The fourth-order valence-electron chi connectivity index (χ4n) is 3.56. The number of hydrogen-bond acceptors (Lipinski definition) is 6. The zero-order valence-electron chi connectivity index (χ0n) is 18.5. The smallest absolute Gasteiger partial charge is 0.252 e. The van der Waals surface area contributed by atoms with Crippen LogP contribution in [0.4, 0.5) is 5.69 Å². The molecule has 9 heteroatoms. The van der Waals surface area contributed by atoms with Gasteiger partial charge in [-0.15, -0.1) is 6.58 Å². The molecule has 172 valence electrons. The van der Waals surface area contributed by atoms with Crippen molar-refractivity contribution in [2.75, 3.05) is 19.8 Å². The maximum absolute atomic E-state index is 13.3. The maximum Gasteiger partial charge on any atom is 0.252 e. The van der Waals surface area contributed by atoms with Crippen LogP contribution in [0.15, 0.2) is 71.3 Å². The van der Waals surface area contributed by atoms with Crippen molar-refractivity contribution in [2.24, 2.45) is 10.1 Å². The molecule has 1 heterocycles. The van der Waals surface area contributed by atoms with E-state index in [2.05, 4.69) is 21.9 Å². The fraction of sp³-hybridized carbons (Fsp3) is 0.333. The molecule has 1 aliphatic rings. The lowest BCUT2D eigenvalue weighted by atomic mass is 9.85. The number of aliphatic hydroxyl groups is 1. The molecular weight excluding hydrogens is 422 g/mol. The number of nitrogens with one attached hydrogen (secondary N) is 1. The van der Waals surface area contributed by atoms with E-state index < -0.39 is 11.6 Å². The van der Waals surface area contributed by atoms with Gasteiger partial charge in [0.25, 0.3) is 5.91 Å². The zero-order chi connectivity index (χ0) is 23.7. The minimum absolute atomic E-state index is 0.0689. The quantitative estimate of drug-likeness (QED) is 0.177. The molecule has 0 bridgehead atoms. The largest absolute Gasteiger partial charge is 0.494 e. The van der Waals surface area contributed by atoms with Crippen LogP contribution in [-0.2, 0) is 16.0 Å². The molecular formula is C24H27N5O4. The monoisotopic (exact) mass is 449 g/mol. The average Bonchev–Trinajstić information content (AvgIpc) is 3.16. The molecule has 0 aromatic heterocycles. The summed E-state index contributed by atoms with van der Waals surface area (Å²) in [7, 11) is 0. The number of nitrogens with zero attached hydrogens (tertiary/aromatic N) is 4. The summed E-state index contributed by atoms with van der Waals surface area (Å²) in [4.78, 5) is 21.0. The molecule has 0 radical (unpaired) electrons. The minimum atomic E-state index is -1.25. The Balaban J connectivity index is 1.95. The molecule has 0 fully saturated rings. The fourth-order valence-corrected chi connectivity index (χ4v) is 3.56. The second-order valence-corrected chi connectivity index (χ2v) is 7.54. The van der Waals surface area contributed by atoms with Crippen LogP contribution in [0, 0.1) is 0 Å². The Morgan fingerprint density at radius 1 is 1.36 bits per heavy atom. The van der Waals surface area contributed by atoms with E-state index in [-0.39, 0.29) is 25.5 Å². The highest BCUT2D eigenvalue weighted by Gasteiger charge is 2.50. The molecule has 9 nitrogen and oxygen atoms in total. The van der Waals surface area contributed by atoms with E-state index in [0.717, 1.165) is 0 Å². The second-order valence-electron chi connectivity index (χ2n) is 7.54. The van der Waals surface area contributed by atoms with Gasteiger partial charge >= 0.3 is 0 Å². The van der Waals surface area contributed by atoms with Crippen LogP contribution < -0.4 is 10.1 Å². The number of azide groups is 1. The van der Waals surface area contributed by atoms with Crippen molar-refractivity contribution in [3.63, 3.8) is 0 Å². The molecule has 0 aliphatic carbocycles. The lowest BCUT2D eigenvalue weighted by molar-refractivity contribution is -0.128. The van der Waals surface area contributed by atoms with E-state index in [9.17, 15) is 4.79 Å². The summed E-state index contributed by atoms with van der Waals surface area (Å²) in [5, 5.41) is 15.5. The highest BCUT2D eigenvalue weighted by atomic mass is 16.5. The van der Waals surface area contributed by atoms with E-state index in [1.165, 1.54) is 0 Å². The molecule has 0 unspecified atom stereocenters. The summed E-state index contributed by atoms with van der Waals surface area (Å²) in [6, 6.07) is 14.3.